The smallest absolute Gasteiger partial charge is 0.129 e. The number of aryl methyl sites for hydroxylation is 1. The number of benzene rings is 1. The first-order chi connectivity index (χ1) is 9.15. The summed E-state index contributed by atoms with van der Waals surface area (Å²) in [5.74, 6) is 1.04. The van der Waals surface area contributed by atoms with E-state index in [1.807, 2.05) is 18.3 Å². The van der Waals surface area contributed by atoms with Crippen molar-refractivity contribution in [2.75, 3.05) is 17.2 Å². The summed E-state index contributed by atoms with van der Waals surface area (Å²) < 4.78 is 1.05. The van der Waals surface area contributed by atoms with E-state index in [-0.39, 0.29) is 0 Å². The molecule has 4 heteroatoms. The van der Waals surface area contributed by atoms with Gasteiger partial charge in [-0.2, -0.15) is 0 Å². The summed E-state index contributed by atoms with van der Waals surface area (Å²) in [6.07, 6.45) is 2.86. The van der Waals surface area contributed by atoms with Crippen molar-refractivity contribution in [2.24, 2.45) is 0 Å². The van der Waals surface area contributed by atoms with Crippen molar-refractivity contribution >= 4 is 27.4 Å². The molecule has 0 aliphatic carbocycles. The minimum absolute atomic E-state index is 0.883. The summed E-state index contributed by atoms with van der Waals surface area (Å²) >= 11 is 3.49. The predicted octanol–water partition coefficient (Wildman–Crippen LogP) is 3.30. The van der Waals surface area contributed by atoms with Crippen molar-refractivity contribution in [3.05, 3.63) is 51.6 Å². The van der Waals surface area contributed by atoms with Crippen LogP contribution in [0.4, 0.5) is 11.5 Å². The Morgan fingerprint density at radius 1 is 1.37 bits per heavy atom. The Hall–Kier alpha value is -1.55. The zero-order chi connectivity index (χ0) is 13.4. The Morgan fingerprint density at radius 3 is 3.00 bits per heavy atom. The fraction of sp³-hybridized carbons (Fsp3) is 0.267. The van der Waals surface area contributed by atoms with Gasteiger partial charge < -0.3 is 10.6 Å². The molecule has 0 unspecified atom stereocenters. The molecule has 19 heavy (non-hydrogen) atoms. The second-order valence-electron chi connectivity index (χ2n) is 4.95. The highest BCUT2D eigenvalue weighted by molar-refractivity contribution is 9.10. The lowest BCUT2D eigenvalue weighted by molar-refractivity contribution is 0.722. The van der Waals surface area contributed by atoms with E-state index in [1.54, 1.807) is 0 Å². The summed E-state index contributed by atoms with van der Waals surface area (Å²) in [5, 5.41) is 0. The van der Waals surface area contributed by atoms with Crippen LogP contribution in [-0.2, 0) is 13.0 Å². The Morgan fingerprint density at radius 2 is 2.21 bits per heavy atom. The third-order valence-corrected chi connectivity index (χ3v) is 4.49. The monoisotopic (exact) mass is 317 g/mol. The second kappa shape index (κ2) is 4.85. The number of nitrogens with zero attached hydrogens (tertiary/aromatic N) is 2. The van der Waals surface area contributed by atoms with Gasteiger partial charge in [-0.05, 0) is 58.1 Å². The molecule has 0 saturated heterocycles. The number of anilines is 2. The van der Waals surface area contributed by atoms with Gasteiger partial charge in [-0.15, -0.1) is 0 Å². The maximum Gasteiger partial charge on any atom is 0.129 e. The third kappa shape index (κ3) is 2.32. The van der Waals surface area contributed by atoms with Crippen molar-refractivity contribution < 1.29 is 0 Å². The van der Waals surface area contributed by atoms with E-state index < -0.39 is 0 Å². The SMILES string of the molecule is Cc1cc(N2CCc3c(N)cccc3C2)ncc1Br. The molecule has 0 radical (unpaired) electrons. The normalized spacial score (nSPS) is 14.3. The predicted molar refractivity (Wildman–Crippen MR) is 82.3 cm³/mol. The molecule has 0 spiro atoms. The van der Waals surface area contributed by atoms with Crippen molar-refractivity contribution in [1.29, 1.82) is 0 Å². The van der Waals surface area contributed by atoms with Gasteiger partial charge in [0, 0.05) is 29.4 Å². The van der Waals surface area contributed by atoms with Crippen molar-refractivity contribution in [2.45, 2.75) is 19.9 Å². The van der Waals surface area contributed by atoms with E-state index in [2.05, 4.69) is 44.9 Å². The highest BCUT2D eigenvalue weighted by atomic mass is 79.9. The minimum Gasteiger partial charge on any atom is -0.398 e. The van der Waals surface area contributed by atoms with E-state index in [9.17, 15) is 0 Å². The molecular weight excluding hydrogens is 302 g/mol. The first-order valence-corrected chi connectivity index (χ1v) is 7.18. The van der Waals surface area contributed by atoms with Gasteiger partial charge in [0.2, 0.25) is 0 Å². The highest BCUT2D eigenvalue weighted by Crippen LogP contribution is 2.28. The number of aromatic nitrogens is 1. The van der Waals surface area contributed by atoms with Crippen LogP contribution in [0.2, 0.25) is 0 Å². The van der Waals surface area contributed by atoms with Crippen LogP contribution in [0.15, 0.2) is 34.9 Å². The molecule has 3 rings (SSSR count). The van der Waals surface area contributed by atoms with Crippen LogP contribution in [0.1, 0.15) is 16.7 Å². The van der Waals surface area contributed by atoms with E-state index in [0.29, 0.717) is 0 Å². The Kier molecular flexibility index (Phi) is 3.19. The van der Waals surface area contributed by atoms with Gasteiger partial charge in [0.05, 0.1) is 0 Å². The standard InChI is InChI=1S/C15H16BrN3/c1-10-7-15(18-8-13(10)16)19-6-5-12-11(9-19)3-2-4-14(12)17/h2-4,7-8H,5-6,9,17H2,1H3. The van der Waals surface area contributed by atoms with Crippen molar-refractivity contribution in [1.82, 2.24) is 4.98 Å². The van der Waals surface area contributed by atoms with E-state index >= 15 is 0 Å². The number of hydrogen-bond donors (Lipinski definition) is 1. The van der Waals surface area contributed by atoms with Gasteiger partial charge in [-0.1, -0.05) is 12.1 Å². The summed E-state index contributed by atoms with van der Waals surface area (Å²) in [7, 11) is 0. The molecule has 98 valence electrons. The molecule has 1 aliphatic heterocycles. The molecule has 0 amide bonds. The van der Waals surface area contributed by atoms with Crippen LogP contribution in [0.3, 0.4) is 0 Å². The Bertz CT molecular complexity index is 625. The van der Waals surface area contributed by atoms with E-state index in [4.69, 9.17) is 5.73 Å². The van der Waals surface area contributed by atoms with Gasteiger partial charge in [-0.25, -0.2) is 4.98 Å². The molecule has 0 bridgehead atoms. The number of nitrogen functional groups attached to an aromatic ring is 1. The molecule has 1 aromatic heterocycles. The van der Waals surface area contributed by atoms with Crippen LogP contribution in [0.5, 0.6) is 0 Å². The van der Waals surface area contributed by atoms with Gasteiger partial charge in [-0.3, -0.25) is 0 Å². The van der Waals surface area contributed by atoms with Crippen LogP contribution in [-0.4, -0.2) is 11.5 Å². The summed E-state index contributed by atoms with van der Waals surface area (Å²) in [6, 6.07) is 8.29. The summed E-state index contributed by atoms with van der Waals surface area (Å²) in [4.78, 5) is 6.81. The number of nitrogens with two attached hydrogens (primary N) is 1. The maximum absolute atomic E-state index is 6.03. The van der Waals surface area contributed by atoms with Gasteiger partial charge in [0.1, 0.15) is 5.82 Å². The summed E-state index contributed by atoms with van der Waals surface area (Å²) in [5.41, 5.74) is 10.8. The van der Waals surface area contributed by atoms with Gasteiger partial charge in [0.15, 0.2) is 0 Å². The van der Waals surface area contributed by atoms with Crippen LogP contribution < -0.4 is 10.6 Å². The Labute approximate surface area is 121 Å². The van der Waals surface area contributed by atoms with Gasteiger partial charge in [0.25, 0.3) is 0 Å². The number of fused-ring (bicyclic) bond motifs is 1. The van der Waals surface area contributed by atoms with E-state index in [0.717, 1.165) is 35.5 Å². The van der Waals surface area contributed by atoms with Crippen LogP contribution in [0, 0.1) is 6.92 Å². The zero-order valence-corrected chi connectivity index (χ0v) is 12.4. The summed E-state index contributed by atoms with van der Waals surface area (Å²) in [6.45, 7) is 3.94. The first kappa shape index (κ1) is 12.5. The molecule has 0 saturated carbocycles. The van der Waals surface area contributed by atoms with Crippen molar-refractivity contribution in [3.63, 3.8) is 0 Å². The lowest BCUT2D eigenvalue weighted by atomic mass is 9.98. The molecule has 0 atom stereocenters. The second-order valence-corrected chi connectivity index (χ2v) is 5.80. The molecule has 2 N–H and O–H groups in total. The number of pyridine rings is 1. The molecule has 2 heterocycles. The van der Waals surface area contributed by atoms with Gasteiger partial charge >= 0.3 is 0 Å². The maximum atomic E-state index is 6.03. The third-order valence-electron chi connectivity index (χ3n) is 3.66. The van der Waals surface area contributed by atoms with Crippen LogP contribution in [0.25, 0.3) is 0 Å². The minimum atomic E-state index is 0.883. The number of rotatable bonds is 1. The molecule has 1 aromatic carbocycles. The molecule has 2 aromatic rings. The quantitative estimate of drug-likeness (QED) is 0.821. The largest absolute Gasteiger partial charge is 0.398 e. The van der Waals surface area contributed by atoms with Crippen LogP contribution >= 0.6 is 15.9 Å². The Balaban J connectivity index is 1.91. The lowest BCUT2D eigenvalue weighted by Gasteiger charge is -2.30. The average molecular weight is 318 g/mol. The molecular formula is C15H16BrN3. The lowest BCUT2D eigenvalue weighted by Crippen LogP contribution is -2.31. The molecule has 0 fully saturated rings. The molecule has 1 aliphatic rings. The fourth-order valence-electron chi connectivity index (χ4n) is 2.53. The fourth-order valence-corrected chi connectivity index (χ4v) is 2.75. The number of halogens is 1. The highest BCUT2D eigenvalue weighted by Gasteiger charge is 2.19. The van der Waals surface area contributed by atoms with E-state index in [1.165, 1.54) is 16.7 Å². The van der Waals surface area contributed by atoms with Crippen molar-refractivity contribution in [3.8, 4) is 0 Å². The number of hydrogen-bond acceptors (Lipinski definition) is 3. The average Bonchev–Trinajstić information content (AvgIpc) is 2.42. The molecule has 3 nitrogen and oxygen atoms in total. The topological polar surface area (TPSA) is 42.1 Å². The zero-order valence-electron chi connectivity index (χ0n) is 10.9. The first-order valence-electron chi connectivity index (χ1n) is 6.38.